The van der Waals surface area contributed by atoms with E-state index < -0.39 is 5.60 Å². The first-order chi connectivity index (χ1) is 11.5. The van der Waals surface area contributed by atoms with Gasteiger partial charge in [-0.15, -0.1) is 0 Å². The first-order valence-corrected chi connectivity index (χ1v) is 8.56. The molecule has 2 aliphatic rings. The summed E-state index contributed by atoms with van der Waals surface area (Å²) in [5.74, 6) is 0. The van der Waals surface area contributed by atoms with E-state index in [0.717, 1.165) is 29.2 Å². The highest BCUT2D eigenvalue weighted by atomic mass is 35.5. The van der Waals surface area contributed by atoms with Gasteiger partial charge in [-0.3, -0.25) is 0 Å². The predicted octanol–water partition coefficient (Wildman–Crippen LogP) is 3.64. The molecule has 2 heterocycles. The molecule has 1 N–H and O–H groups in total. The van der Waals surface area contributed by atoms with E-state index in [0.29, 0.717) is 29.8 Å². The van der Waals surface area contributed by atoms with Crippen molar-refractivity contribution in [1.29, 1.82) is 0 Å². The lowest BCUT2D eigenvalue weighted by Crippen LogP contribution is -2.57. The number of hydrogen-bond donors (Lipinski definition) is 1. The second kappa shape index (κ2) is 5.81. The van der Waals surface area contributed by atoms with E-state index >= 15 is 0 Å². The molecule has 0 saturated carbocycles. The number of halogens is 2. The van der Waals surface area contributed by atoms with Crippen molar-refractivity contribution in [3.63, 3.8) is 0 Å². The standard InChI is InChI=1S/C18H18Cl2N2O2/c1-21-11-22(8-18(23)9-24-10-18)17-7-13(3-5-16(17)21)12-2-4-14(19)15(20)6-12/h2-7,23H,8-11H2,1H3. The molecular weight excluding hydrogens is 347 g/mol. The summed E-state index contributed by atoms with van der Waals surface area (Å²) in [6, 6.07) is 12.0. The van der Waals surface area contributed by atoms with Gasteiger partial charge in [0.1, 0.15) is 5.60 Å². The van der Waals surface area contributed by atoms with Crippen LogP contribution in [0.25, 0.3) is 11.1 Å². The number of hydrogen-bond acceptors (Lipinski definition) is 4. The molecule has 4 rings (SSSR count). The zero-order valence-electron chi connectivity index (χ0n) is 13.3. The quantitative estimate of drug-likeness (QED) is 0.901. The van der Waals surface area contributed by atoms with Gasteiger partial charge < -0.3 is 19.6 Å². The molecule has 2 aromatic carbocycles. The van der Waals surface area contributed by atoms with Crippen LogP contribution in [0, 0.1) is 0 Å². The molecule has 1 saturated heterocycles. The number of ether oxygens (including phenoxy) is 1. The van der Waals surface area contributed by atoms with E-state index in [1.165, 1.54) is 0 Å². The smallest absolute Gasteiger partial charge is 0.128 e. The van der Waals surface area contributed by atoms with Gasteiger partial charge in [0, 0.05) is 7.05 Å². The average Bonchev–Trinajstić information content (AvgIpc) is 2.84. The normalized spacial score (nSPS) is 18.5. The fourth-order valence-corrected chi connectivity index (χ4v) is 3.58. The molecule has 0 radical (unpaired) electrons. The largest absolute Gasteiger partial charge is 0.383 e. The Kier molecular flexibility index (Phi) is 3.88. The number of aliphatic hydroxyl groups is 1. The first-order valence-electron chi connectivity index (χ1n) is 7.81. The molecule has 2 aromatic rings. The number of nitrogens with zero attached hydrogens (tertiary/aromatic N) is 2. The van der Waals surface area contributed by atoms with Crippen molar-refractivity contribution >= 4 is 34.6 Å². The summed E-state index contributed by atoms with van der Waals surface area (Å²) in [6.45, 7) is 2.11. The maximum absolute atomic E-state index is 10.4. The number of benzene rings is 2. The Morgan fingerprint density at radius 1 is 1.04 bits per heavy atom. The lowest BCUT2D eigenvalue weighted by atomic mass is 10.0. The van der Waals surface area contributed by atoms with Gasteiger partial charge in [0.05, 0.1) is 47.8 Å². The molecule has 0 aliphatic carbocycles. The minimum absolute atomic E-state index is 0.398. The third kappa shape index (κ3) is 2.74. The second-order valence-electron chi connectivity index (χ2n) is 6.59. The highest BCUT2D eigenvalue weighted by Gasteiger charge is 2.40. The third-order valence-corrected chi connectivity index (χ3v) is 5.33. The fourth-order valence-electron chi connectivity index (χ4n) is 3.28. The molecular formula is C18H18Cl2N2O2. The van der Waals surface area contributed by atoms with Crippen LogP contribution in [0.1, 0.15) is 0 Å². The predicted molar refractivity (Wildman–Crippen MR) is 98.3 cm³/mol. The summed E-state index contributed by atoms with van der Waals surface area (Å²) in [5.41, 5.74) is 3.61. The highest BCUT2D eigenvalue weighted by molar-refractivity contribution is 6.42. The Balaban J connectivity index is 1.69. The topological polar surface area (TPSA) is 35.9 Å². The van der Waals surface area contributed by atoms with Gasteiger partial charge in [-0.05, 0) is 35.4 Å². The maximum atomic E-state index is 10.4. The monoisotopic (exact) mass is 364 g/mol. The van der Waals surface area contributed by atoms with Crippen LogP contribution >= 0.6 is 23.2 Å². The third-order valence-electron chi connectivity index (χ3n) is 4.59. The Morgan fingerprint density at radius 2 is 1.75 bits per heavy atom. The van der Waals surface area contributed by atoms with E-state index in [1.807, 2.05) is 18.2 Å². The number of anilines is 2. The van der Waals surface area contributed by atoms with Crippen molar-refractivity contribution in [2.45, 2.75) is 5.60 Å². The Bertz CT molecular complexity index is 793. The average molecular weight is 365 g/mol. The van der Waals surface area contributed by atoms with E-state index in [9.17, 15) is 5.11 Å². The molecule has 0 unspecified atom stereocenters. The summed E-state index contributed by atoms with van der Waals surface area (Å²) in [5, 5.41) is 11.5. The molecule has 0 spiro atoms. The molecule has 4 nitrogen and oxygen atoms in total. The van der Waals surface area contributed by atoms with Crippen molar-refractivity contribution in [3.8, 4) is 11.1 Å². The van der Waals surface area contributed by atoms with Gasteiger partial charge in [-0.2, -0.15) is 0 Å². The highest BCUT2D eigenvalue weighted by Crippen LogP contribution is 2.40. The van der Waals surface area contributed by atoms with Crippen LogP contribution in [-0.2, 0) is 4.74 Å². The fraction of sp³-hybridized carbons (Fsp3) is 0.333. The summed E-state index contributed by atoms with van der Waals surface area (Å²) < 4.78 is 5.16. The van der Waals surface area contributed by atoms with Crippen LogP contribution in [0.2, 0.25) is 10.0 Å². The zero-order valence-corrected chi connectivity index (χ0v) is 14.8. The number of fused-ring (bicyclic) bond motifs is 1. The zero-order chi connectivity index (χ0) is 16.9. The molecule has 126 valence electrons. The van der Waals surface area contributed by atoms with Gasteiger partial charge in [0.15, 0.2) is 0 Å². The summed E-state index contributed by atoms with van der Waals surface area (Å²) in [7, 11) is 2.05. The van der Waals surface area contributed by atoms with Crippen molar-refractivity contribution < 1.29 is 9.84 Å². The van der Waals surface area contributed by atoms with E-state index in [-0.39, 0.29) is 0 Å². The first kappa shape index (κ1) is 16.0. The van der Waals surface area contributed by atoms with Crippen LogP contribution in [0.5, 0.6) is 0 Å². The van der Waals surface area contributed by atoms with Gasteiger partial charge in [-0.1, -0.05) is 35.3 Å². The van der Waals surface area contributed by atoms with Gasteiger partial charge in [0.2, 0.25) is 0 Å². The molecule has 0 aromatic heterocycles. The van der Waals surface area contributed by atoms with Crippen molar-refractivity contribution in [2.75, 3.05) is 43.3 Å². The molecule has 1 fully saturated rings. The van der Waals surface area contributed by atoms with Crippen LogP contribution in [0.3, 0.4) is 0 Å². The maximum Gasteiger partial charge on any atom is 0.128 e. The second-order valence-corrected chi connectivity index (χ2v) is 7.40. The van der Waals surface area contributed by atoms with Crippen LogP contribution in [0.15, 0.2) is 36.4 Å². The summed E-state index contributed by atoms with van der Waals surface area (Å²) >= 11 is 12.2. The Morgan fingerprint density at radius 3 is 2.42 bits per heavy atom. The van der Waals surface area contributed by atoms with Gasteiger partial charge >= 0.3 is 0 Å². The molecule has 2 aliphatic heterocycles. The van der Waals surface area contributed by atoms with Gasteiger partial charge in [-0.25, -0.2) is 0 Å². The van der Waals surface area contributed by atoms with Crippen LogP contribution in [-0.4, -0.2) is 44.2 Å². The lowest BCUT2D eigenvalue weighted by molar-refractivity contribution is -0.171. The van der Waals surface area contributed by atoms with Crippen molar-refractivity contribution in [3.05, 3.63) is 46.4 Å². The summed E-state index contributed by atoms with van der Waals surface area (Å²) in [4.78, 5) is 4.37. The molecule has 24 heavy (non-hydrogen) atoms. The molecule has 0 atom stereocenters. The van der Waals surface area contributed by atoms with E-state index in [4.69, 9.17) is 27.9 Å². The molecule has 6 heteroatoms. The van der Waals surface area contributed by atoms with Gasteiger partial charge in [0.25, 0.3) is 0 Å². The number of rotatable bonds is 3. The minimum Gasteiger partial charge on any atom is -0.383 e. The van der Waals surface area contributed by atoms with Crippen LogP contribution in [0.4, 0.5) is 11.4 Å². The minimum atomic E-state index is -0.748. The molecule has 0 amide bonds. The van der Waals surface area contributed by atoms with Crippen molar-refractivity contribution in [2.24, 2.45) is 0 Å². The van der Waals surface area contributed by atoms with E-state index in [1.54, 1.807) is 0 Å². The summed E-state index contributed by atoms with van der Waals surface area (Å²) in [6.07, 6.45) is 0. The lowest BCUT2D eigenvalue weighted by Gasteiger charge is -2.39. The Hall–Kier alpha value is -1.46. The van der Waals surface area contributed by atoms with Crippen LogP contribution < -0.4 is 9.80 Å². The molecule has 0 bridgehead atoms. The van der Waals surface area contributed by atoms with Crippen molar-refractivity contribution in [1.82, 2.24) is 0 Å². The van der Waals surface area contributed by atoms with E-state index in [2.05, 4.69) is 35.0 Å². The SMILES string of the molecule is CN1CN(CC2(O)COC2)c2cc(-c3ccc(Cl)c(Cl)c3)ccc21. The number of β-amino-alcohol motifs (C(OH)–C–C–N with tert-alkyl or cyclic N) is 1. The Labute approximate surface area is 151 Å².